The number of nitrogens with zero attached hydrogens (tertiary/aromatic N) is 6. The highest BCUT2D eigenvalue weighted by atomic mass is 32.1. The summed E-state index contributed by atoms with van der Waals surface area (Å²) in [6.45, 7) is 10.4. The fraction of sp³-hybridized carbons (Fsp3) is 0.464. The van der Waals surface area contributed by atoms with E-state index >= 15 is 0 Å². The first kappa shape index (κ1) is 31.0. The molecule has 1 aromatic heterocycles. The number of carbonyl (C=O) groups excluding carboxylic acids is 1. The monoisotopic (exact) mass is 604 g/mol. The lowest BCUT2D eigenvalue weighted by molar-refractivity contribution is -0.138. The number of aromatic nitrogens is 1. The van der Waals surface area contributed by atoms with Crippen LogP contribution in [0.3, 0.4) is 0 Å². The Kier molecular flexibility index (Phi) is 8.65. The normalized spacial score (nSPS) is 17.6. The molecule has 1 N–H and O–H groups in total. The van der Waals surface area contributed by atoms with E-state index in [0.29, 0.717) is 56.8 Å². The molecule has 224 valence electrons. The molecule has 10 nitrogen and oxygen atoms in total. The first-order chi connectivity index (χ1) is 19.7. The average Bonchev–Trinajstić information content (AvgIpc) is 3.11. The highest BCUT2D eigenvalue weighted by molar-refractivity contribution is 7.81. The maximum atomic E-state index is 13.6. The van der Waals surface area contributed by atoms with Gasteiger partial charge in [0.2, 0.25) is 0 Å². The van der Waals surface area contributed by atoms with Crippen LogP contribution in [0.5, 0.6) is 5.75 Å². The molecule has 0 unspecified atom stereocenters. The Hall–Kier alpha value is -3.96. The number of rotatable bonds is 7. The number of alkyl halides is 3. The Bertz CT molecular complexity index is 1430. The van der Waals surface area contributed by atoms with E-state index in [2.05, 4.69) is 9.88 Å². The van der Waals surface area contributed by atoms with Gasteiger partial charge in [-0.3, -0.25) is 14.6 Å². The van der Waals surface area contributed by atoms with E-state index in [1.165, 1.54) is 11.0 Å². The lowest BCUT2D eigenvalue weighted by Gasteiger charge is -2.33. The van der Waals surface area contributed by atoms with Crippen LogP contribution in [0.1, 0.15) is 50.4 Å². The molecule has 0 bridgehead atoms. The summed E-state index contributed by atoms with van der Waals surface area (Å²) >= 11 is 5.64. The number of benzene rings is 1. The zero-order valence-corrected chi connectivity index (χ0v) is 24.4. The van der Waals surface area contributed by atoms with Gasteiger partial charge in [0.25, 0.3) is 5.91 Å². The summed E-state index contributed by atoms with van der Waals surface area (Å²) in [6, 6.07) is 7.54. The summed E-state index contributed by atoms with van der Waals surface area (Å²) in [6.07, 6.45) is -4.73. The quantitative estimate of drug-likeness (QED) is 0.450. The molecular formula is C28H31F3N6O4S. The van der Waals surface area contributed by atoms with Crippen molar-refractivity contribution in [2.45, 2.75) is 45.3 Å². The number of thiocarbonyl (C=S) groups is 1. The lowest BCUT2D eigenvalue weighted by atomic mass is 9.98. The van der Waals surface area contributed by atoms with Crippen LogP contribution in [-0.4, -0.2) is 81.9 Å². The van der Waals surface area contributed by atoms with Crippen molar-refractivity contribution in [3.05, 3.63) is 47.3 Å². The van der Waals surface area contributed by atoms with Gasteiger partial charge in [-0.1, -0.05) is 13.8 Å². The number of halogens is 3. The molecule has 2 amide bonds. The van der Waals surface area contributed by atoms with Crippen molar-refractivity contribution < 1.29 is 32.6 Å². The number of carbonyl (C=O) groups is 2. The standard InChI is InChI=1S/C28H31F3N6O4S/c1-17(2)20-13-18(5-6-23(20)41-12-11-34-7-9-35(10-8-34)26(39)40)37-25(42)36(24(38)27(37,3)4)19-14-21(28(29,30)31)22(15-32)33-16-19/h5-6,13-14,16-17H,7-12H2,1-4H3,(H,39,40). The van der Waals surface area contributed by atoms with Gasteiger partial charge >= 0.3 is 12.3 Å². The molecule has 0 aliphatic carbocycles. The van der Waals surface area contributed by atoms with Crippen LogP contribution >= 0.6 is 12.2 Å². The second kappa shape index (κ2) is 11.7. The zero-order valence-electron chi connectivity index (χ0n) is 23.6. The minimum atomic E-state index is -4.84. The summed E-state index contributed by atoms with van der Waals surface area (Å²) in [5.41, 5.74) is -2.04. The Morgan fingerprint density at radius 1 is 1.19 bits per heavy atom. The van der Waals surface area contributed by atoms with E-state index in [4.69, 9.17) is 27.3 Å². The molecule has 2 saturated heterocycles. The lowest BCUT2D eigenvalue weighted by Crippen LogP contribution is -2.49. The van der Waals surface area contributed by atoms with Gasteiger partial charge in [-0.2, -0.15) is 18.4 Å². The molecule has 2 aliphatic rings. The molecule has 14 heteroatoms. The second-order valence-electron chi connectivity index (χ2n) is 10.9. The third-order valence-electron chi connectivity index (χ3n) is 7.39. The Morgan fingerprint density at radius 2 is 1.86 bits per heavy atom. The van der Waals surface area contributed by atoms with Gasteiger partial charge in [0.05, 0.1) is 17.4 Å². The molecule has 2 aliphatic heterocycles. The van der Waals surface area contributed by atoms with Crippen molar-refractivity contribution in [2.24, 2.45) is 0 Å². The fourth-order valence-electron chi connectivity index (χ4n) is 5.04. The molecule has 1 aromatic carbocycles. The van der Waals surface area contributed by atoms with Crippen molar-refractivity contribution >= 4 is 40.7 Å². The van der Waals surface area contributed by atoms with Crippen molar-refractivity contribution in [2.75, 3.05) is 49.1 Å². The van der Waals surface area contributed by atoms with Crippen molar-refractivity contribution in [3.63, 3.8) is 0 Å². The molecule has 4 rings (SSSR count). The minimum absolute atomic E-state index is 0.0199. The van der Waals surface area contributed by atoms with Crippen LogP contribution < -0.4 is 14.5 Å². The van der Waals surface area contributed by atoms with Gasteiger partial charge in [0, 0.05) is 38.4 Å². The smallest absolute Gasteiger partial charge is 0.419 e. The van der Waals surface area contributed by atoms with Gasteiger partial charge < -0.3 is 19.6 Å². The predicted molar refractivity (Wildman–Crippen MR) is 153 cm³/mol. The van der Waals surface area contributed by atoms with Crippen molar-refractivity contribution in [1.82, 2.24) is 14.8 Å². The number of pyridine rings is 1. The number of carboxylic acid groups (broad SMARTS) is 1. The maximum absolute atomic E-state index is 13.6. The molecule has 0 spiro atoms. The largest absolute Gasteiger partial charge is 0.492 e. The van der Waals surface area contributed by atoms with Gasteiger partial charge in [0.1, 0.15) is 24.0 Å². The Balaban J connectivity index is 1.56. The Morgan fingerprint density at radius 3 is 2.43 bits per heavy atom. The van der Waals surface area contributed by atoms with E-state index in [1.54, 1.807) is 30.9 Å². The number of hydrogen-bond acceptors (Lipinski definition) is 7. The Labute approximate surface area is 246 Å². The average molecular weight is 605 g/mol. The number of ether oxygens (including phenoxy) is 1. The van der Waals surface area contributed by atoms with Crippen LogP contribution in [0, 0.1) is 11.3 Å². The summed E-state index contributed by atoms with van der Waals surface area (Å²) in [5, 5.41) is 18.2. The molecule has 0 atom stereocenters. The van der Waals surface area contributed by atoms with Crippen LogP contribution in [0.4, 0.5) is 29.3 Å². The SMILES string of the molecule is CC(C)c1cc(N2C(=S)N(c3cnc(C#N)c(C(F)(F)F)c3)C(=O)C2(C)C)ccc1OCCN1CCN(C(=O)O)CC1. The zero-order chi connectivity index (χ0) is 31.0. The van der Waals surface area contributed by atoms with Crippen LogP contribution in [-0.2, 0) is 11.0 Å². The number of hydrogen-bond donors (Lipinski definition) is 1. The highest BCUT2D eigenvalue weighted by Gasteiger charge is 2.51. The van der Waals surface area contributed by atoms with Gasteiger partial charge in [-0.25, -0.2) is 9.78 Å². The third kappa shape index (κ3) is 5.98. The van der Waals surface area contributed by atoms with E-state index in [-0.39, 0.29) is 16.7 Å². The van der Waals surface area contributed by atoms with Gasteiger partial charge in [-0.05, 0) is 61.8 Å². The van der Waals surface area contributed by atoms with E-state index in [9.17, 15) is 22.8 Å². The van der Waals surface area contributed by atoms with Gasteiger partial charge in [-0.15, -0.1) is 0 Å². The van der Waals surface area contributed by atoms with Crippen LogP contribution in [0.25, 0.3) is 0 Å². The predicted octanol–water partition coefficient (Wildman–Crippen LogP) is 4.69. The topological polar surface area (TPSA) is 113 Å². The summed E-state index contributed by atoms with van der Waals surface area (Å²) < 4.78 is 46.9. The third-order valence-corrected chi connectivity index (χ3v) is 7.76. The van der Waals surface area contributed by atoms with Crippen LogP contribution in [0.15, 0.2) is 30.5 Å². The van der Waals surface area contributed by atoms with E-state index < -0.39 is 35.0 Å². The van der Waals surface area contributed by atoms with Gasteiger partial charge in [0.15, 0.2) is 10.8 Å². The second-order valence-corrected chi connectivity index (χ2v) is 11.2. The van der Waals surface area contributed by atoms with E-state index in [1.807, 2.05) is 19.9 Å². The molecule has 2 aromatic rings. The maximum Gasteiger partial charge on any atom is 0.419 e. The molecule has 0 radical (unpaired) electrons. The molecule has 42 heavy (non-hydrogen) atoms. The fourth-order valence-corrected chi connectivity index (χ4v) is 5.56. The van der Waals surface area contributed by atoms with E-state index in [0.717, 1.165) is 16.7 Å². The molecule has 0 saturated carbocycles. The molecule has 3 heterocycles. The van der Waals surface area contributed by atoms with Crippen LogP contribution in [0.2, 0.25) is 0 Å². The van der Waals surface area contributed by atoms with Crippen molar-refractivity contribution in [1.29, 1.82) is 5.26 Å². The minimum Gasteiger partial charge on any atom is -0.492 e. The summed E-state index contributed by atoms with van der Waals surface area (Å²) in [4.78, 5) is 34.4. The summed E-state index contributed by atoms with van der Waals surface area (Å²) in [5.74, 6) is 0.138. The number of piperazine rings is 1. The first-order valence-corrected chi connectivity index (χ1v) is 13.7. The first-order valence-electron chi connectivity index (χ1n) is 13.3. The number of nitriles is 1. The molecule has 2 fully saturated rings. The van der Waals surface area contributed by atoms with Crippen molar-refractivity contribution in [3.8, 4) is 11.8 Å². The summed E-state index contributed by atoms with van der Waals surface area (Å²) in [7, 11) is 0. The highest BCUT2D eigenvalue weighted by Crippen LogP contribution is 2.41. The number of anilines is 2. The molecular weight excluding hydrogens is 573 g/mol. The number of amides is 2.